The van der Waals surface area contributed by atoms with E-state index in [0.717, 1.165) is 36.5 Å². The van der Waals surface area contributed by atoms with Crippen LogP contribution in [-0.4, -0.2) is 38.1 Å². The molecule has 4 atom stereocenters. The van der Waals surface area contributed by atoms with E-state index < -0.39 is 0 Å². The number of anilines is 1. The SMILES string of the molecule is C[C@@H]1CCc2ncc(F)cc2[C@@H]2[C@@H]3[C@H](CN2c2ccn4ncc(c4n2)C(=O)N1)CC3(C)C. The highest BCUT2D eigenvalue weighted by molar-refractivity contribution is 5.99. The maximum absolute atomic E-state index is 14.5. The molecule has 2 aliphatic heterocycles. The summed E-state index contributed by atoms with van der Waals surface area (Å²) in [7, 11) is 0. The fourth-order valence-corrected chi connectivity index (χ4v) is 6.29. The smallest absolute Gasteiger partial charge is 0.256 e. The van der Waals surface area contributed by atoms with Gasteiger partial charge in [-0.2, -0.15) is 5.10 Å². The molecule has 0 radical (unpaired) electrons. The molecule has 5 heterocycles. The molecule has 3 aromatic heterocycles. The number of hydrogen-bond donors (Lipinski definition) is 1. The summed E-state index contributed by atoms with van der Waals surface area (Å²) in [6, 6.07) is 3.56. The van der Waals surface area contributed by atoms with Gasteiger partial charge in [0.2, 0.25) is 0 Å². The summed E-state index contributed by atoms with van der Waals surface area (Å²) in [6.45, 7) is 7.46. The standard InChI is InChI=1S/C24H27FN6O/c1-13-4-5-18-16(8-15(25)10-26-18)21-20-14(9-24(20,2)3)12-30(21)19-6-7-31-22(29-19)17(11-27-31)23(32)28-13/h6-8,10-11,13-14,20-21H,4-5,9,12H2,1-3H3,(H,28,32)/t13-,14+,20+,21-/m1/s1. The Morgan fingerprint density at radius 2 is 2.12 bits per heavy atom. The van der Waals surface area contributed by atoms with Crippen molar-refractivity contribution in [2.75, 3.05) is 11.4 Å². The number of nitrogens with zero attached hydrogens (tertiary/aromatic N) is 5. The number of fused-ring (bicyclic) bond motifs is 7. The van der Waals surface area contributed by atoms with Crippen molar-refractivity contribution in [2.24, 2.45) is 17.3 Å². The van der Waals surface area contributed by atoms with Gasteiger partial charge in [-0.1, -0.05) is 13.8 Å². The van der Waals surface area contributed by atoms with Gasteiger partial charge in [0.25, 0.3) is 5.91 Å². The molecule has 6 rings (SSSR count). The molecule has 2 fully saturated rings. The van der Waals surface area contributed by atoms with Crippen LogP contribution in [0.1, 0.15) is 61.3 Å². The van der Waals surface area contributed by atoms with E-state index in [1.807, 2.05) is 19.2 Å². The van der Waals surface area contributed by atoms with Crippen molar-refractivity contribution in [3.63, 3.8) is 0 Å². The molecular formula is C24H27FN6O. The van der Waals surface area contributed by atoms with E-state index in [1.54, 1.807) is 16.8 Å². The Balaban J connectivity index is 1.57. The third kappa shape index (κ3) is 2.84. The van der Waals surface area contributed by atoms with E-state index in [1.165, 1.54) is 6.20 Å². The molecule has 1 saturated heterocycles. The molecule has 1 saturated carbocycles. The van der Waals surface area contributed by atoms with Gasteiger partial charge in [-0.15, -0.1) is 0 Å². The van der Waals surface area contributed by atoms with Crippen LogP contribution in [0.25, 0.3) is 5.65 Å². The van der Waals surface area contributed by atoms with Crippen molar-refractivity contribution < 1.29 is 9.18 Å². The van der Waals surface area contributed by atoms with E-state index in [2.05, 4.69) is 34.1 Å². The summed E-state index contributed by atoms with van der Waals surface area (Å²) in [5.74, 6) is 1.24. The predicted molar refractivity (Wildman–Crippen MR) is 118 cm³/mol. The molecule has 1 aliphatic carbocycles. The Labute approximate surface area is 186 Å². The molecule has 8 heteroatoms. The molecule has 7 nitrogen and oxygen atoms in total. The van der Waals surface area contributed by atoms with Gasteiger partial charge in [0, 0.05) is 24.5 Å². The summed E-state index contributed by atoms with van der Waals surface area (Å²) < 4.78 is 16.1. The molecule has 1 amide bonds. The second-order valence-electron chi connectivity index (χ2n) is 10.3. The van der Waals surface area contributed by atoms with E-state index in [4.69, 9.17) is 4.98 Å². The predicted octanol–water partition coefficient (Wildman–Crippen LogP) is 3.55. The van der Waals surface area contributed by atoms with Gasteiger partial charge >= 0.3 is 0 Å². The number of carbonyl (C=O) groups excluding carboxylic acids is 1. The first-order valence-electron chi connectivity index (χ1n) is 11.4. The molecule has 2 bridgehead atoms. The Bertz CT molecular complexity index is 1240. The molecule has 166 valence electrons. The van der Waals surface area contributed by atoms with Crippen LogP contribution in [0.2, 0.25) is 0 Å². The van der Waals surface area contributed by atoms with Crippen molar-refractivity contribution in [3.05, 3.63) is 53.4 Å². The zero-order valence-electron chi connectivity index (χ0n) is 18.5. The minimum atomic E-state index is -0.309. The number of amides is 1. The fourth-order valence-electron chi connectivity index (χ4n) is 6.29. The lowest BCUT2D eigenvalue weighted by molar-refractivity contribution is 0.00899. The normalized spacial score (nSPS) is 28.6. The molecule has 0 unspecified atom stereocenters. The average molecular weight is 435 g/mol. The van der Waals surface area contributed by atoms with Gasteiger partial charge in [-0.05, 0) is 61.1 Å². The number of aromatic nitrogens is 4. The van der Waals surface area contributed by atoms with Crippen LogP contribution < -0.4 is 10.2 Å². The van der Waals surface area contributed by atoms with Gasteiger partial charge in [-0.3, -0.25) is 9.78 Å². The van der Waals surface area contributed by atoms with Crippen molar-refractivity contribution in [1.82, 2.24) is 24.9 Å². The van der Waals surface area contributed by atoms with Crippen LogP contribution in [0.3, 0.4) is 0 Å². The molecule has 3 aromatic rings. The lowest BCUT2D eigenvalue weighted by atomic mass is 9.54. The Hall–Kier alpha value is -3.03. The Morgan fingerprint density at radius 3 is 2.94 bits per heavy atom. The van der Waals surface area contributed by atoms with Crippen molar-refractivity contribution in [2.45, 2.75) is 52.1 Å². The lowest BCUT2D eigenvalue weighted by Crippen LogP contribution is -2.44. The van der Waals surface area contributed by atoms with Crippen LogP contribution in [0.4, 0.5) is 10.2 Å². The number of aryl methyl sites for hydroxylation is 1. The molecule has 0 spiro atoms. The number of halogens is 1. The third-order valence-electron chi connectivity index (χ3n) is 7.68. The summed E-state index contributed by atoms with van der Waals surface area (Å²) >= 11 is 0. The number of carbonyl (C=O) groups is 1. The number of nitrogens with one attached hydrogen (secondary N) is 1. The largest absolute Gasteiger partial charge is 0.349 e. The molecule has 0 aromatic carbocycles. The second-order valence-corrected chi connectivity index (χ2v) is 10.3. The van der Waals surface area contributed by atoms with Gasteiger partial charge in [0.1, 0.15) is 17.2 Å². The van der Waals surface area contributed by atoms with Crippen molar-refractivity contribution >= 4 is 17.4 Å². The molecule has 32 heavy (non-hydrogen) atoms. The van der Waals surface area contributed by atoms with E-state index in [9.17, 15) is 9.18 Å². The molecular weight excluding hydrogens is 407 g/mol. The zero-order valence-corrected chi connectivity index (χ0v) is 18.5. The average Bonchev–Trinajstić information content (AvgIpc) is 3.31. The van der Waals surface area contributed by atoms with E-state index in [0.29, 0.717) is 29.5 Å². The van der Waals surface area contributed by atoms with Gasteiger partial charge in [0.05, 0.1) is 18.4 Å². The molecule has 1 N–H and O–H groups in total. The fraction of sp³-hybridized carbons (Fsp3) is 0.500. The van der Waals surface area contributed by atoms with E-state index >= 15 is 0 Å². The Morgan fingerprint density at radius 1 is 1.28 bits per heavy atom. The maximum atomic E-state index is 14.5. The summed E-state index contributed by atoms with van der Waals surface area (Å²) in [6.07, 6.45) is 7.27. The van der Waals surface area contributed by atoms with Gasteiger partial charge in [-0.25, -0.2) is 13.9 Å². The van der Waals surface area contributed by atoms with Crippen LogP contribution >= 0.6 is 0 Å². The topological polar surface area (TPSA) is 75.4 Å². The van der Waals surface area contributed by atoms with Gasteiger partial charge in [0.15, 0.2) is 5.65 Å². The van der Waals surface area contributed by atoms with Crippen molar-refractivity contribution in [1.29, 1.82) is 0 Å². The van der Waals surface area contributed by atoms with Crippen LogP contribution in [-0.2, 0) is 6.42 Å². The first-order chi connectivity index (χ1) is 15.3. The van der Waals surface area contributed by atoms with Crippen molar-refractivity contribution in [3.8, 4) is 0 Å². The minimum Gasteiger partial charge on any atom is -0.349 e. The van der Waals surface area contributed by atoms with Crippen LogP contribution in [0.15, 0.2) is 30.7 Å². The highest BCUT2D eigenvalue weighted by Crippen LogP contribution is 2.62. The summed E-state index contributed by atoms with van der Waals surface area (Å²) in [5.41, 5.74) is 3.05. The second kappa shape index (κ2) is 6.73. The van der Waals surface area contributed by atoms with E-state index in [-0.39, 0.29) is 29.2 Å². The third-order valence-corrected chi connectivity index (χ3v) is 7.68. The summed E-state index contributed by atoms with van der Waals surface area (Å²) in [5, 5.41) is 7.38. The monoisotopic (exact) mass is 434 g/mol. The maximum Gasteiger partial charge on any atom is 0.256 e. The lowest BCUT2D eigenvalue weighted by Gasteiger charge is -2.50. The quantitative estimate of drug-likeness (QED) is 0.586. The molecule has 3 aliphatic rings. The highest BCUT2D eigenvalue weighted by Gasteiger charge is 2.58. The Kier molecular flexibility index (Phi) is 4.13. The first kappa shape index (κ1) is 19.6. The number of rotatable bonds is 0. The zero-order chi connectivity index (χ0) is 22.2. The van der Waals surface area contributed by atoms with Crippen LogP contribution in [0, 0.1) is 23.1 Å². The van der Waals surface area contributed by atoms with Crippen LogP contribution in [0.5, 0.6) is 0 Å². The summed E-state index contributed by atoms with van der Waals surface area (Å²) in [4.78, 5) is 24.7. The minimum absolute atomic E-state index is 0.00277. The number of pyridine rings is 1. The highest BCUT2D eigenvalue weighted by atomic mass is 19.1. The number of hydrogen-bond acceptors (Lipinski definition) is 5. The first-order valence-corrected chi connectivity index (χ1v) is 11.4. The van der Waals surface area contributed by atoms with Gasteiger partial charge < -0.3 is 10.2 Å².